The van der Waals surface area contributed by atoms with Crippen molar-refractivity contribution in [1.82, 2.24) is 0 Å². The number of aromatic hydroxyl groups is 1. The summed E-state index contributed by atoms with van der Waals surface area (Å²) in [7, 11) is 2.12. The standard InChI is InChI=1S/C13H18N2O2/c1-15(7-2-3-8-15)10-13(17)14-11-5-4-6-12(16)9-11/h4-6,9H,2-3,7-8,10H2,1H3,(H-,14,16,17)/p+1. The lowest BCUT2D eigenvalue weighted by Crippen LogP contribution is -2.46. The Balaban J connectivity index is 1.93. The van der Waals surface area contributed by atoms with E-state index in [4.69, 9.17) is 0 Å². The molecule has 17 heavy (non-hydrogen) atoms. The first kappa shape index (κ1) is 11.9. The van der Waals surface area contributed by atoms with E-state index in [9.17, 15) is 9.90 Å². The normalized spacial score (nSPS) is 17.9. The smallest absolute Gasteiger partial charge is 0.279 e. The molecule has 1 aromatic rings. The second-order valence-corrected chi connectivity index (χ2v) is 5.03. The first-order valence-corrected chi connectivity index (χ1v) is 6.00. The number of hydrogen-bond donors (Lipinski definition) is 2. The van der Waals surface area contributed by atoms with Crippen molar-refractivity contribution in [2.45, 2.75) is 12.8 Å². The maximum absolute atomic E-state index is 11.9. The molecule has 0 spiro atoms. The average Bonchev–Trinajstić information content (AvgIpc) is 2.64. The predicted octanol–water partition coefficient (Wildman–Crippen LogP) is 1.57. The van der Waals surface area contributed by atoms with Crippen molar-refractivity contribution in [3.05, 3.63) is 24.3 Å². The molecule has 92 valence electrons. The number of nitrogens with zero attached hydrogens (tertiary/aromatic N) is 1. The van der Waals surface area contributed by atoms with Crippen molar-refractivity contribution in [1.29, 1.82) is 0 Å². The Hall–Kier alpha value is -1.55. The van der Waals surface area contributed by atoms with Gasteiger partial charge in [0.2, 0.25) is 0 Å². The van der Waals surface area contributed by atoms with Crippen molar-refractivity contribution >= 4 is 11.6 Å². The highest BCUT2D eigenvalue weighted by Crippen LogP contribution is 2.18. The van der Waals surface area contributed by atoms with Gasteiger partial charge >= 0.3 is 0 Å². The van der Waals surface area contributed by atoms with E-state index in [0.29, 0.717) is 12.2 Å². The zero-order chi connectivity index (χ0) is 12.3. The van der Waals surface area contributed by atoms with Gasteiger partial charge in [-0.2, -0.15) is 0 Å². The van der Waals surface area contributed by atoms with Gasteiger partial charge in [0.1, 0.15) is 5.75 Å². The van der Waals surface area contributed by atoms with Gasteiger partial charge in [0, 0.05) is 24.6 Å². The Bertz CT molecular complexity index is 412. The van der Waals surface area contributed by atoms with Crippen molar-refractivity contribution < 1.29 is 14.4 Å². The van der Waals surface area contributed by atoms with Gasteiger partial charge in [-0.3, -0.25) is 4.79 Å². The van der Waals surface area contributed by atoms with Gasteiger partial charge in [0.25, 0.3) is 5.91 Å². The van der Waals surface area contributed by atoms with Crippen molar-refractivity contribution in [3.8, 4) is 5.75 Å². The summed E-state index contributed by atoms with van der Waals surface area (Å²) in [6.45, 7) is 2.66. The number of carbonyl (C=O) groups excluding carboxylic acids is 1. The minimum Gasteiger partial charge on any atom is -0.508 e. The van der Waals surface area contributed by atoms with E-state index >= 15 is 0 Å². The molecule has 4 heteroatoms. The number of likely N-dealkylation sites (N-methyl/N-ethyl adjacent to an activating group) is 1. The molecule has 2 rings (SSSR count). The minimum atomic E-state index is 0.0139. The van der Waals surface area contributed by atoms with Crippen LogP contribution in [0, 0.1) is 0 Å². The molecule has 0 saturated carbocycles. The summed E-state index contributed by atoms with van der Waals surface area (Å²) in [4.78, 5) is 11.9. The fourth-order valence-electron chi connectivity index (χ4n) is 2.39. The Morgan fingerprint density at radius 1 is 1.41 bits per heavy atom. The second kappa shape index (κ2) is 4.75. The Kier molecular flexibility index (Phi) is 3.33. The van der Waals surface area contributed by atoms with Crippen LogP contribution < -0.4 is 5.32 Å². The zero-order valence-corrected chi connectivity index (χ0v) is 10.1. The number of phenolic OH excluding ortho intramolecular Hbond substituents is 1. The fraction of sp³-hybridized carbons (Fsp3) is 0.462. The molecule has 1 aliphatic heterocycles. The van der Waals surface area contributed by atoms with Crippen LogP contribution in [0.5, 0.6) is 5.75 Å². The van der Waals surface area contributed by atoms with Crippen LogP contribution >= 0.6 is 0 Å². The molecule has 1 heterocycles. The number of benzene rings is 1. The van der Waals surface area contributed by atoms with E-state index < -0.39 is 0 Å². The van der Waals surface area contributed by atoms with Gasteiger partial charge < -0.3 is 14.9 Å². The molecule has 0 aliphatic carbocycles. The first-order valence-electron chi connectivity index (χ1n) is 6.00. The summed E-state index contributed by atoms with van der Waals surface area (Å²) in [6, 6.07) is 6.64. The molecular formula is C13H19N2O2+. The Morgan fingerprint density at radius 2 is 2.12 bits per heavy atom. The monoisotopic (exact) mass is 235 g/mol. The van der Waals surface area contributed by atoms with Crippen molar-refractivity contribution in [2.75, 3.05) is 32.0 Å². The first-order chi connectivity index (χ1) is 8.07. The fourth-order valence-corrected chi connectivity index (χ4v) is 2.39. The molecule has 1 aliphatic rings. The molecule has 1 amide bonds. The molecule has 1 aromatic carbocycles. The van der Waals surface area contributed by atoms with Crippen molar-refractivity contribution in [3.63, 3.8) is 0 Å². The number of likely N-dealkylation sites (tertiary alicyclic amines) is 1. The van der Waals surface area contributed by atoms with Crippen LogP contribution in [-0.4, -0.2) is 42.2 Å². The molecule has 0 bridgehead atoms. The van der Waals surface area contributed by atoms with Crippen LogP contribution in [0.4, 0.5) is 5.69 Å². The summed E-state index contributed by atoms with van der Waals surface area (Å²) in [6.07, 6.45) is 2.41. The lowest BCUT2D eigenvalue weighted by molar-refractivity contribution is -0.889. The SMILES string of the molecule is C[N+]1(CC(=O)Nc2cccc(O)c2)CCCC1. The largest absolute Gasteiger partial charge is 0.508 e. The van der Waals surface area contributed by atoms with Gasteiger partial charge in [-0.15, -0.1) is 0 Å². The summed E-state index contributed by atoms with van der Waals surface area (Å²) in [5.74, 6) is 0.185. The maximum atomic E-state index is 11.9. The molecule has 0 atom stereocenters. The van der Waals surface area contributed by atoms with Gasteiger partial charge in [-0.05, 0) is 12.1 Å². The summed E-state index contributed by atoms with van der Waals surface area (Å²) >= 11 is 0. The topological polar surface area (TPSA) is 49.3 Å². The summed E-state index contributed by atoms with van der Waals surface area (Å²) in [5.41, 5.74) is 0.654. The summed E-state index contributed by atoms with van der Waals surface area (Å²) in [5, 5.41) is 12.1. The number of rotatable bonds is 3. The lowest BCUT2D eigenvalue weighted by Gasteiger charge is -2.28. The number of carbonyl (C=O) groups is 1. The van der Waals surface area contributed by atoms with E-state index in [0.717, 1.165) is 17.6 Å². The average molecular weight is 235 g/mol. The van der Waals surface area contributed by atoms with Crippen LogP contribution in [0.1, 0.15) is 12.8 Å². The highest BCUT2D eigenvalue weighted by molar-refractivity contribution is 5.91. The lowest BCUT2D eigenvalue weighted by atomic mass is 10.3. The molecule has 4 nitrogen and oxygen atoms in total. The molecule has 0 aromatic heterocycles. The minimum absolute atomic E-state index is 0.0139. The molecule has 0 unspecified atom stereocenters. The van der Waals surface area contributed by atoms with Gasteiger partial charge in [0.05, 0.1) is 20.1 Å². The van der Waals surface area contributed by atoms with E-state index in [1.165, 1.54) is 12.8 Å². The third-order valence-electron chi connectivity index (χ3n) is 3.30. The van der Waals surface area contributed by atoms with Crippen LogP contribution in [0.25, 0.3) is 0 Å². The Morgan fingerprint density at radius 3 is 2.76 bits per heavy atom. The maximum Gasteiger partial charge on any atom is 0.279 e. The van der Waals surface area contributed by atoms with Gasteiger partial charge in [0.15, 0.2) is 6.54 Å². The van der Waals surface area contributed by atoms with Crippen LogP contribution in [0.3, 0.4) is 0 Å². The van der Waals surface area contributed by atoms with E-state index in [-0.39, 0.29) is 11.7 Å². The van der Waals surface area contributed by atoms with Crippen LogP contribution in [-0.2, 0) is 4.79 Å². The predicted molar refractivity (Wildman–Crippen MR) is 66.8 cm³/mol. The zero-order valence-electron chi connectivity index (χ0n) is 10.1. The third kappa shape index (κ3) is 3.20. The number of amides is 1. The number of hydrogen-bond acceptors (Lipinski definition) is 2. The van der Waals surface area contributed by atoms with Crippen LogP contribution in [0.15, 0.2) is 24.3 Å². The highest BCUT2D eigenvalue weighted by atomic mass is 16.3. The second-order valence-electron chi connectivity index (χ2n) is 5.03. The third-order valence-corrected chi connectivity index (χ3v) is 3.30. The van der Waals surface area contributed by atoms with E-state index in [1.807, 2.05) is 0 Å². The van der Waals surface area contributed by atoms with Gasteiger partial charge in [-0.1, -0.05) is 6.07 Å². The molecule has 1 fully saturated rings. The number of quaternary nitrogens is 1. The Labute approximate surface area is 101 Å². The summed E-state index contributed by atoms with van der Waals surface area (Å²) < 4.78 is 0.824. The van der Waals surface area contributed by atoms with Gasteiger partial charge in [-0.25, -0.2) is 0 Å². The van der Waals surface area contributed by atoms with E-state index in [2.05, 4.69) is 12.4 Å². The quantitative estimate of drug-likeness (QED) is 0.781. The van der Waals surface area contributed by atoms with E-state index in [1.54, 1.807) is 24.3 Å². The number of nitrogens with one attached hydrogen (secondary N) is 1. The highest BCUT2D eigenvalue weighted by Gasteiger charge is 2.29. The molecule has 2 N–H and O–H groups in total. The van der Waals surface area contributed by atoms with Crippen molar-refractivity contribution in [2.24, 2.45) is 0 Å². The molecule has 0 radical (unpaired) electrons. The number of phenols is 1. The van der Waals surface area contributed by atoms with Crippen LogP contribution in [0.2, 0.25) is 0 Å². The molecular weight excluding hydrogens is 216 g/mol. The molecule has 1 saturated heterocycles. The number of anilines is 1.